The average Bonchev–Trinajstić information content (AvgIpc) is 2.25. The van der Waals surface area contributed by atoms with Crippen LogP contribution in [0.1, 0.15) is 23.2 Å². The topological polar surface area (TPSA) is 68.4 Å². The molecule has 0 unspecified atom stereocenters. The van der Waals surface area contributed by atoms with Crippen LogP contribution < -0.4 is 10.5 Å². The average molecular weight is 272 g/mol. The Morgan fingerprint density at radius 2 is 2.00 bits per heavy atom. The predicted molar refractivity (Wildman–Crippen MR) is 49.7 cm³/mol. The summed E-state index contributed by atoms with van der Waals surface area (Å²) in [6.07, 6.45) is -7.51. The molecule has 0 spiro atoms. The van der Waals surface area contributed by atoms with Crippen LogP contribution >= 0.6 is 0 Å². The van der Waals surface area contributed by atoms with Gasteiger partial charge >= 0.3 is 6.36 Å². The van der Waals surface area contributed by atoms with Crippen LogP contribution in [0, 0.1) is 0 Å². The molecule has 18 heavy (non-hydrogen) atoms. The van der Waals surface area contributed by atoms with E-state index in [0.29, 0.717) is 0 Å². The van der Waals surface area contributed by atoms with Crippen molar-refractivity contribution in [2.45, 2.75) is 25.9 Å². The molecule has 1 rings (SSSR count). The van der Waals surface area contributed by atoms with Crippen LogP contribution in [-0.2, 0) is 13.2 Å². The molecule has 0 saturated carbocycles. The third-order valence-corrected chi connectivity index (χ3v) is 2.03. The molecule has 0 aliphatic rings. The van der Waals surface area contributed by atoms with Gasteiger partial charge in [-0.3, -0.25) is 4.98 Å². The summed E-state index contributed by atoms with van der Waals surface area (Å²) in [6, 6.07) is 0. The number of halogens is 5. The number of hydrogen-bond donors (Lipinski definition) is 2. The fourth-order valence-electron chi connectivity index (χ4n) is 1.33. The van der Waals surface area contributed by atoms with Gasteiger partial charge in [0.1, 0.15) is 5.69 Å². The molecular weight excluding hydrogens is 263 g/mol. The van der Waals surface area contributed by atoms with Gasteiger partial charge in [0.15, 0.2) is 5.75 Å². The van der Waals surface area contributed by atoms with Gasteiger partial charge in [-0.1, -0.05) is 0 Å². The first-order chi connectivity index (χ1) is 8.30. The van der Waals surface area contributed by atoms with Gasteiger partial charge in [-0.15, -0.1) is 13.2 Å². The van der Waals surface area contributed by atoms with E-state index in [9.17, 15) is 22.0 Å². The maximum Gasteiger partial charge on any atom is 0.573 e. The lowest BCUT2D eigenvalue weighted by atomic mass is 10.1. The molecule has 0 saturated heterocycles. The van der Waals surface area contributed by atoms with Crippen LogP contribution in [0.3, 0.4) is 0 Å². The Balaban J connectivity index is 3.40. The second kappa shape index (κ2) is 5.44. The van der Waals surface area contributed by atoms with E-state index in [4.69, 9.17) is 10.8 Å². The maximum absolute atomic E-state index is 12.8. The number of hydrogen-bond acceptors (Lipinski definition) is 4. The molecule has 3 N–H and O–H groups in total. The Labute approximate surface area is 98.2 Å². The molecule has 9 heteroatoms. The van der Waals surface area contributed by atoms with Crippen molar-refractivity contribution >= 4 is 0 Å². The van der Waals surface area contributed by atoms with E-state index < -0.39 is 42.9 Å². The number of aliphatic hydroxyl groups is 1. The monoisotopic (exact) mass is 272 g/mol. The fourth-order valence-corrected chi connectivity index (χ4v) is 1.33. The smallest absolute Gasteiger partial charge is 0.403 e. The van der Waals surface area contributed by atoms with Crippen LogP contribution in [0.2, 0.25) is 0 Å². The first kappa shape index (κ1) is 14.6. The highest BCUT2D eigenvalue weighted by atomic mass is 19.4. The zero-order valence-electron chi connectivity index (χ0n) is 8.84. The lowest BCUT2D eigenvalue weighted by molar-refractivity contribution is -0.275. The van der Waals surface area contributed by atoms with Crippen LogP contribution in [0.4, 0.5) is 22.0 Å². The molecule has 0 aliphatic carbocycles. The molecule has 0 fully saturated rings. The van der Waals surface area contributed by atoms with Gasteiger partial charge in [0, 0.05) is 12.7 Å². The largest absolute Gasteiger partial charge is 0.573 e. The van der Waals surface area contributed by atoms with Crippen molar-refractivity contribution in [3.8, 4) is 5.75 Å². The van der Waals surface area contributed by atoms with Crippen LogP contribution in [0.5, 0.6) is 5.75 Å². The number of pyridine rings is 1. The van der Waals surface area contributed by atoms with Crippen LogP contribution in [0.25, 0.3) is 0 Å². The highest BCUT2D eigenvalue weighted by Gasteiger charge is 2.35. The highest BCUT2D eigenvalue weighted by molar-refractivity contribution is 5.43. The van der Waals surface area contributed by atoms with Crippen LogP contribution in [-0.4, -0.2) is 16.5 Å². The summed E-state index contributed by atoms with van der Waals surface area (Å²) < 4.78 is 65.4. The fraction of sp³-hybridized carbons (Fsp3) is 0.444. The third kappa shape index (κ3) is 3.26. The van der Waals surface area contributed by atoms with E-state index in [-0.39, 0.29) is 5.56 Å². The standard InChI is InChI=1S/C9H9F5N2O2/c10-8(11)6-4(1-15)2-16-5(3-17)7(6)18-9(12,13)14/h2,8,17H,1,3,15H2. The Morgan fingerprint density at radius 1 is 1.39 bits per heavy atom. The second-order valence-corrected chi connectivity index (χ2v) is 3.18. The van der Waals surface area contributed by atoms with Gasteiger partial charge in [0.25, 0.3) is 6.43 Å². The number of aliphatic hydroxyl groups excluding tert-OH is 1. The Hall–Kier alpha value is -1.48. The molecule has 0 aromatic carbocycles. The Kier molecular flexibility index (Phi) is 4.41. The molecule has 4 nitrogen and oxygen atoms in total. The summed E-state index contributed by atoms with van der Waals surface area (Å²) in [5.74, 6) is -1.19. The summed E-state index contributed by atoms with van der Waals surface area (Å²) in [6.45, 7) is -1.39. The van der Waals surface area contributed by atoms with E-state index in [1.165, 1.54) is 0 Å². The van der Waals surface area contributed by atoms with Crippen molar-refractivity contribution in [3.63, 3.8) is 0 Å². The molecule has 0 bridgehead atoms. The third-order valence-electron chi connectivity index (χ3n) is 2.03. The minimum Gasteiger partial charge on any atom is -0.403 e. The van der Waals surface area contributed by atoms with Crippen LogP contribution in [0.15, 0.2) is 6.20 Å². The number of alkyl halides is 5. The SMILES string of the molecule is NCc1cnc(CO)c(OC(F)(F)F)c1C(F)F. The quantitative estimate of drug-likeness (QED) is 0.821. The lowest BCUT2D eigenvalue weighted by Crippen LogP contribution is -2.21. The van der Waals surface area contributed by atoms with E-state index in [0.717, 1.165) is 6.20 Å². The number of aromatic nitrogens is 1. The summed E-state index contributed by atoms with van der Waals surface area (Å²) in [7, 11) is 0. The summed E-state index contributed by atoms with van der Waals surface area (Å²) in [5, 5.41) is 8.80. The van der Waals surface area contributed by atoms with Crippen molar-refractivity contribution in [3.05, 3.63) is 23.0 Å². The van der Waals surface area contributed by atoms with Gasteiger partial charge in [0.2, 0.25) is 0 Å². The molecule has 0 radical (unpaired) electrons. The zero-order valence-corrected chi connectivity index (χ0v) is 8.84. The summed E-state index contributed by atoms with van der Waals surface area (Å²) >= 11 is 0. The molecule has 0 aliphatic heterocycles. The van der Waals surface area contributed by atoms with Crippen molar-refractivity contribution < 1.29 is 31.8 Å². The first-order valence-corrected chi connectivity index (χ1v) is 4.65. The summed E-state index contributed by atoms with van der Waals surface area (Å²) in [5.41, 5.74) is 3.23. The maximum atomic E-state index is 12.8. The molecule has 1 aromatic heterocycles. The van der Waals surface area contributed by atoms with Crippen molar-refractivity contribution in [2.75, 3.05) is 0 Å². The zero-order chi connectivity index (χ0) is 13.9. The Morgan fingerprint density at radius 3 is 2.39 bits per heavy atom. The Bertz CT molecular complexity index is 422. The van der Waals surface area contributed by atoms with E-state index in [1.807, 2.05) is 0 Å². The number of nitrogens with two attached hydrogens (primary N) is 1. The van der Waals surface area contributed by atoms with Gasteiger partial charge in [-0.25, -0.2) is 8.78 Å². The number of rotatable bonds is 4. The molecule has 1 aromatic rings. The first-order valence-electron chi connectivity index (χ1n) is 4.65. The molecule has 0 atom stereocenters. The van der Waals surface area contributed by atoms with E-state index in [1.54, 1.807) is 0 Å². The number of nitrogens with zero attached hydrogens (tertiary/aromatic N) is 1. The van der Waals surface area contributed by atoms with Gasteiger partial charge < -0.3 is 15.6 Å². The van der Waals surface area contributed by atoms with Crippen molar-refractivity contribution in [2.24, 2.45) is 5.73 Å². The normalized spacial score (nSPS) is 12.0. The summed E-state index contributed by atoms with van der Waals surface area (Å²) in [4.78, 5) is 3.41. The van der Waals surface area contributed by atoms with E-state index >= 15 is 0 Å². The molecule has 102 valence electrons. The van der Waals surface area contributed by atoms with Gasteiger partial charge in [0.05, 0.1) is 12.2 Å². The highest BCUT2D eigenvalue weighted by Crippen LogP contribution is 2.37. The van der Waals surface area contributed by atoms with Gasteiger partial charge in [-0.05, 0) is 5.56 Å². The van der Waals surface area contributed by atoms with Gasteiger partial charge in [-0.2, -0.15) is 0 Å². The minimum absolute atomic E-state index is 0.276. The number of ether oxygens (including phenoxy) is 1. The molecular formula is C9H9F5N2O2. The van der Waals surface area contributed by atoms with Crippen molar-refractivity contribution in [1.29, 1.82) is 0 Å². The molecule has 1 heterocycles. The predicted octanol–water partition coefficient (Wildman–Crippen LogP) is 1.87. The minimum atomic E-state index is -5.16. The second-order valence-electron chi connectivity index (χ2n) is 3.18. The van der Waals surface area contributed by atoms with Crippen molar-refractivity contribution in [1.82, 2.24) is 4.98 Å². The van der Waals surface area contributed by atoms with E-state index in [2.05, 4.69) is 9.72 Å². The molecule has 0 amide bonds. The lowest BCUT2D eigenvalue weighted by Gasteiger charge is -2.17.